The minimum absolute atomic E-state index is 0.00798. The molecule has 3 amide bonds. The molecule has 1 aromatic heterocycles. The number of carbonyl (C=O) groups excluding carboxylic acids is 4. The van der Waals surface area contributed by atoms with Crippen molar-refractivity contribution in [1.29, 1.82) is 0 Å². The van der Waals surface area contributed by atoms with Crippen molar-refractivity contribution < 1.29 is 47.8 Å². The quantitative estimate of drug-likeness (QED) is 0.172. The van der Waals surface area contributed by atoms with Gasteiger partial charge in [-0.1, -0.05) is 5.16 Å². The molecule has 0 saturated carbocycles. The fourth-order valence-electron chi connectivity index (χ4n) is 3.29. The molecule has 4 N–H and O–H groups in total. The molecule has 15 heteroatoms. The first kappa shape index (κ1) is 26.6. The van der Waals surface area contributed by atoms with Gasteiger partial charge < -0.3 is 34.9 Å². The number of amides is 3. The molecule has 3 rings (SSSR count). The number of rotatable bonds is 9. The van der Waals surface area contributed by atoms with Gasteiger partial charge in [0.25, 0.3) is 11.8 Å². The van der Waals surface area contributed by atoms with Crippen LogP contribution in [-0.2, 0) is 33.5 Å². The van der Waals surface area contributed by atoms with E-state index < -0.39 is 53.5 Å². The van der Waals surface area contributed by atoms with E-state index in [1.807, 2.05) is 0 Å². The van der Waals surface area contributed by atoms with Crippen LogP contribution in [0.1, 0.15) is 26.5 Å². The second kappa shape index (κ2) is 10.7. The van der Waals surface area contributed by atoms with Gasteiger partial charge >= 0.3 is 18.0 Å². The molecular weight excluding hydrogens is 500 g/mol. The molecule has 0 spiro atoms. The summed E-state index contributed by atoms with van der Waals surface area (Å²) < 4.78 is 15.0. The van der Waals surface area contributed by atoms with Crippen LogP contribution in [0.15, 0.2) is 39.2 Å². The van der Waals surface area contributed by atoms with E-state index in [9.17, 15) is 29.1 Å². The Labute approximate surface area is 208 Å². The van der Waals surface area contributed by atoms with Gasteiger partial charge in [0.15, 0.2) is 5.76 Å². The average Bonchev–Trinajstić information content (AvgIpc) is 3.31. The minimum Gasteiger partial charge on any atom is -0.477 e. The standard InChI is InChI=1S/C21H24N4O10S/c1-21(2,3)35-12(26)8-34-24-13(11-5-4-6-32-11)16(27)23-14-17(28)25-15(19(29)30)10(7-33-20(22)31)9-36-18(14)25/h4-6,14,18H,7-9H2,1-3H3,(H2,22,31)(H,23,27)(H,29,30)/t14-,18-/m1/s1. The summed E-state index contributed by atoms with van der Waals surface area (Å²) in [5.41, 5.74) is 3.70. The Kier molecular flexibility index (Phi) is 7.92. The van der Waals surface area contributed by atoms with Crippen molar-refractivity contribution in [3.63, 3.8) is 0 Å². The van der Waals surface area contributed by atoms with Gasteiger partial charge in [-0.2, -0.15) is 0 Å². The van der Waals surface area contributed by atoms with Crippen LogP contribution >= 0.6 is 11.8 Å². The van der Waals surface area contributed by atoms with E-state index in [1.165, 1.54) is 30.2 Å². The Balaban J connectivity index is 1.72. The van der Waals surface area contributed by atoms with Gasteiger partial charge in [-0.15, -0.1) is 11.8 Å². The number of nitrogens with one attached hydrogen (secondary N) is 1. The number of ether oxygens (including phenoxy) is 2. The number of furan rings is 1. The van der Waals surface area contributed by atoms with Gasteiger partial charge in [-0.3, -0.25) is 14.5 Å². The Hall–Kier alpha value is -4.01. The molecule has 0 radical (unpaired) electrons. The van der Waals surface area contributed by atoms with E-state index in [4.69, 9.17) is 19.7 Å². The van der Waals surface area contributed by atoms with Crippen LogP contribution in [0.4, 0.5) is 4.79 Å². The van der Waals surface area contributed by atoms with Crippen molar-refractivity contribution in [3.05, 3.63) is 35.4 Å². The summed E-state index contributed by atoms with van der Waals surface area (Å²) in [7, 11) is 0. The number of thioether (sulfide) groups is 1. The van der Waals surface area contributed by atoms with Crippen molar-refractivity contribution in [3.8, 4) is 0 Å². The third kappa shape index (κ3) is 6.16. The van der Waals surface area contributed by atoms with Gasteiger partial charge in [0.05, 0.1) is 6.26 Å². The molecule has 1 fully saturated rings. The lowest BCUT2D eigenvalue weighted by atomic mass is 10.0. The first-order valence-corrected chi connectivity index (χ1v) is 11.5. The number of aliphatic carboxylic acids is 1. The van der Waals surface area contributed by atoms with E-state index in [1.54, 1.807) is 20.8 Å². The van der Waals surface area contributed by atoms with Crippen molar-refractivity contribution in [1.82, 2.24) is 10.2 Å². The smallest absolute Gasteiger partial charge is 0.404 e. The van der Waals surface area contributed by atoms with E-state index in [-0.39, 0.29) is 35.1 Å². The number of β-lactam (4-membered cyclic amide) rings is 1. The zero-order valence-corrected chi connectivity index (χ0v) is 20.3. The number of carboxylic acid groups (broad SMARTS) is 1. The SMILES string of the molecule is CC(C)(C)OC(=O)CON=C(C(=O)N[C@@H]1C(=O)N2C(C(=O)O)=C(COC(N)=O)CS[C@H]12)c1ccco1. The van der Waals surface area contributed by atoms with Crippen molar-refractivity contribution in [2.45, 2.75) is 37.8 Å². The maximum absolute atomic E-state index is 12.9. The number of oxime groups is 1. The van der Waals surface area contributed by atoms with Crippen molar-refractivity contribution >= 4 is 47.3 Å². The summed E-state index contributed by atoms with van der Waals surface area (Å²) in [6.45, 7) is 4.07. The second-order valence-electron chi connectivity index (χ2n) is 8.50. The highest BCUT2D eigenvalue weighted by molar-refractivity contribution is 8.00. The van der Waals surface area contributed by atoms with Crippen LogP contribution in [0.2, 0.25) is 0 Å². The molecule has 2 aliphatic heterocycles. The average molecular weight is 525 g/mol. The zero-order chi connectivity index (χ0) is 26.6. The fourth-order valence-corrected chi connectivity index (χ4v) is 4.62. The van der Waals surface area contributed by atoms with Crippen LogP contribution in [0.3, 0.4) is 0 Å². The molecule has 0 aromatic carbocycles. The van der Waals surface area contributed by atoms with Crippen LogP contribution < -0.4 is 11.1 Å². The van der Waals surface area contributed by atoms with Gasteiger partial charge in [0.1, 0.15) is 29.3 Å². The summed E-state index contributed by atoms with van der Waals surface area (Å²) in [5, 5.41) is 15.1. The molecular formula is C21H24N4O10S. The third-order valence-corrected chi connectivity index (χ3v) is 5.99. The summed E-state index contributed by atoms with van der Waals surface area (Å²) in [4.78, 5) is 66.2. The number of esters is 1. The van der Waals surface area contributed by atoms with E-state index in [0.717, 1.165) is 4.90 Å². The molecule has 36 heavy (non-hydrogen) atoms. The van der Waals surface area contributed by atoms with Crippen molar-refractivity contribution in [2.24, 2.45) is 10.9 Å². The number of hydrogen-bond acceptors (Lipinski definition) is 11. The lowest BCUT2D eigenvalue weighted by Crippen LogP contribution is -2.71. The molecule has 1 saturated heterocycles. The zero-order valence-electron chi connectivity index (χ0n) is 19.5. The molecule has 2 atom stereocenters. The predicted octanol–water partition coefficient (Wildman–Crippen LogP) is 0.176. The van der Waals surface area contributed by atoms with Gasteiger partial charge in [0, 0.05) is 11.3 Å². The normalized spacial score (nSPS) is 19.7. The monoisotopic (exact) mass is 524 g/mol. The topological polar surface area (TPSA) is 200 Å². The number of carbonyl (C=O) groups is 5. The van der Waals surface area contributed by atoms with Gasteiger partial charge in [-0.05, 0) is 32.9 Å². The highest BCUT2D eigenvalue weighted by Gasteiger charge is 2.54. The molecule has 194 valence electrons. The van der Waals surface area contributed by atoms with E-state index >= 15 is 0 Å². The van der Waals surface area contributed by atoms with Crippen molar-refractivity contribution in [2.75, 3.05) is 19.0 Å². The third-order valence-electron chi connectivity index (χ3n) is 4.65. The minimum atomic E-state index is -1.39. The Morgan fingerprint density at radius 3 is 2.64 bits per heavy atom. The summed E-state index contributed by atoms with van der Waals surface area (Å²) in [6.07, 6.45) is 0.205. The predicted molar refractivity (Wildman–Crippen MR) is 122 cm³/mol. The number of fused-ring (bicyclic) bond motifs is 1. The molecule has 0 bridgehead atoms. The maximum atomic E-state index is 12.9. The highest BCUT2D eigenvalue weighted by atomic mass is 32.2. The summed E-state index contributed by atoms with van der Waals surface area (Å²) >= 11 is 1.17. The molecule has 0 unspecified atom stereocenters. The van der Waals surface area contributed by atoms with E-state index in [2.05, 4.69) is 15.2 Å². The van der Waals surface area contributed by atoms with Crippen LogP contribution in [0.5, 0.6) is 0 Å². The molecule has 0 aliphatic carbocycles. The van der Waals surface area contributed by atoms with Gasteiger partial charge in [0.2, 0.25) is 12.3 Å². The lowest BCUT2D eigenvalue weighted by molar-refractivity contribution is -0.160. The Morgan fingerprint density at radius 1 is 1.33 bits per heavy atom. The number of hydrogen-bond donors (Lipinski definition) is 3. The van der Waals surface area contributed by atoms with Gasteiger partial charge in [-0.25, -0.2) is 14.4 Å². The Bertz CT molecular complexity index is 1120. The number of nitrogens with zero attached hydrogens (tertiary/aromatic N) is 2. The summed E-state index contributed by atoms with van der Waals surface area (Å²) in [6, 6.07) is 1.84. The first-order chi connectivity index (χ1) is 16.9. The van der Waals surface area contributed by atoms with E-state index in [0.29, 0.717) is 0 Å². The van der Waals surface area contributed by atoms with Crippen LogP contribution in [0, 0.1) is 0 Å². The molecule has 14 nitrogen and oxygen atoms in total. The summed E-state index contributed by atoms with van der Waals surface area (Å²) in [5.74, 6) is -3.52. The number of primary amides is 1. The number of carboxylic acids is 1. The van der Waals surface area contributed by atoms with Crippen LogP contribution in [0.25, 0.3) is 0 Å². The number of nitrogens with two attached hydrogens (primary N) is 1. The Morgan fingerprint density at radius 2 is 2.06 bits per heavy atom. The lowest BCUT2D eigenvalue weighted by Gasteiger charge is -2.49. The maximum Gasteiger partial charge on any atom is 0.404 e. The largest absolute Gasteiger partial charge is 0.477 e. The van der Waals surface area contributed by atoms with Crippen LogP contribution in [-0.4, -0.2) is 81.5 Å². The molecule has 3 heterocycles. The second-order valence-corrected chi connectivity index (χ2v) is 9.61. The highest BCUT2D eigenvalue weighted by Crippen LogP contribution is 2.40. The fraction of sp³-hybridized carbons (Fsp3) is 0.429. The molecule has 2 aliphatic rings. The molecule has 1 aromatic rings. The first-order valence-electron chi connectivity index (χ1n) is 10.5.